The molecule has 1 saturated carbocycles. The maximum absolute atomic E-state index is 15.1. The monoisotopic (exact) mass is 641 g/mol. The van der Waals surface area contributed by atoms with Gasteiger partial charge in [-0.1, -0.05) is 12.1 Å². The zero-order chi connectivity index (χ0) is 33.2. The van der Waals surface area contributed by atoms with Crippen molar-refractivity contribution in [1.29, 1.82) is 0 Å². The molecule has 0 atom stereocenters. The largest absolute Gasteiger partial charge is 0.496 e. The Labute approximate surface area is 271 Å². The lowest BCUT2D eigenvalue weighted by Gasteiger charge is -2.27. The van der Waals surface area contributed by atoms with Gasteiger partial charge in [0.2, 0.25) is 11.7 Å². The molecule has 1 aliphatic carbocycles. The predicted octanol–water partition coefficient (Wildman–Crippen LogP) is 6.36. The molecule has 244 valence electrons. The first kappa shape index (κ1) is 32.1. The third kappa shape index (κ3) is 6.41. The molecule has 0 radical (unpaired) electrons. The second kappa shape index (κ2) is 13.5. The average molecular weight is 642 g/mol. The zero-order valence-corrected chi connectivity index (χ0v) is 26.8. The van der Waals surface area contributed by atoms with Crippen molar-refractivity contribution in [2.45, 2.75) is 44.8 Å². The van der Waals surface area contributed by atoms with Gasteiger partial charge in [0.05, 0.1) is 35.5 Å². The van der Waals surface area contributed by atoms with Gasteiger partial charge in [0, 0.05) is 61.8 Å². The molecule has 0 aliphatic heterocycles. The van der Waals surface area contributed by atoms with Crippen LogP contribution in [-0.2, 0) is 16.6 Å². The number of carbonyl (C=O) groups is 2. The summed E-state index contributed by atoms with van der Waals surface area (Å²) in [7, 11) is 5.26. The van der Waals surface area contributed by atoms with Gasteiger partial charge in [-0.2, -0.15) is 0 Å². The van der Waals surface area contributed by atoms with E-state index in [-0.39, 0.29) is 11.3 Å². The Hall–Kier alpha value is -4.87. The summed E-state index contributed by atoms with van der Waals surface area (Å²) in [4.78, 5) is 30.7. The van der Waals surface area contributed by atoms with Gasteiger partial charge in [0.1, 0.15) is 28.9 Å². The molecule has 0 saturated heterocycles. The minimum Gasteiger partial charge on any atom is -0.496 e. The highest BCUT2D eigenvalue weighted by atomic mass is 19.1. The molecule has 0 unspecified atom stereocenters. The molecule has 3 heterocycles. The summed E-state index contributed by atoms with van der Waals surface area (Å²) in [6.07, 6.45) is 8.79. The van der Waals surface area contributed by atoms with Gasteiger partial charge < -0.3 is 29.1 Å². The molecule has 11 heteroatoms. The van der Waals surface area contributed by atoms with Crippen molar-refractivity contribution >= 4 is 33.9 Å². The van der Waals surface area contributed by atoms with E-state index in [0.717, 1.165) is 65.8 Å². The number of imidazole rings is 1. The van der Waals surface area contributed by atoms with Crippen molar-refractivity contribution in [2.75, 3.05) is 26.1 Å². The number of nitrogens with one attached hydrogen (secondary N) is 2. The lowest BCUT2D eigenvalue weighted by Crippen LogP contribution is -2.35. The summed E-state index contributed by atoms with van der Waals surface area (Å²) in [6.45, 7) is 2.38. The fourth-order valence-electron chi connectivity index (χ4n) is 6.31. The van der Waals surface area contributed by atoms with Crippen LogP contribution in [0.3, 0.4) is 0 Å². The van der Waals surface area contributed by atoms with Gasteiger partial charge in [0.25, 0.3) is 0 Å². The standard InChI is InChI=1S/C36H37F2N5O4/c1-21-40-29-19-26(33(47-4)20-32(29)42(21)2)25-7-6-16-43-30(25)13-14-31(43)36(45)22-17-27(37)35(28(38)18-22)41-34(44)8-5-15-39-23-9-11-24(46-3)12-10-23/h5-8,13-14,16-20,23-24,39H,9-12,15H2,1-4H3,(H,41,44)/b8-5+. The number of halogens is 2. The molecule has 6 rings (SSSR count). The van der Waals surface area contributed by atoms with Crippen LogP contribution in [0.2, 0.25) is 0 Å². The normalized spacial score (nSPS) is 16.7. The summed E-state index contributed by atoms with van der Waals surface area (Å²) in [5.74, 6) is -1.85. The van der Waals surface area contributed by atoms with Crippen molar-refractivity contribution in [3.63, 3.8) is 0 Å². The minimum atomic E-state index is -1.05. The van der Waals surface area contributed by atoms with E-state index in [4.69, 9.17) is 9.47 Å². The van der Waals surface area contributed by atoms with Crippen LogP contribution in [0.4, 0.5) is 14.5 Å². The van der Waals surface area contributed by atoms with Crippen molar-refractivity contribution in [1.82, 2.24) is 19.3 Å². The number of fused-ring (bicyclic) bond motifs is 2. The van der Waals surface area contributed by atoms with Gasteiger partial charge in [-0.05, 0) is 69.0 Å². The fraction of sp³-hybridized carbons (Fsp3) is 0.306. The van der Waals surface area contributed by atoms with Crippen molar-refractivity contribution in [3.8, 4) is 16.9 Å². The first-order chi connectivity index (χ1) is 22.7. The van der Waals surface area contributed by atoms with Gasteiger partial charge in [0.15, 0.2) is 0 Å². The van der Waals surface area contributed by atoms with E-state index >= 15 is 8.78 Å². The number of hydrogen-bond acceptors (Lipinski definition) is 6. The van der Waals surface area contributed by atoms with E-state index in [0.29, 0.717) is 30.0 Å². The molecular weight excluding hydrogens is 604 g/mol. The number of benzene rings is 2. The number of hydrogen-bond donors (Lipinski definition) is 2. The number of anilines is 1. The summed E-state index contributed by atoms with van der Waals surface area (Å²) in [6, 6.07) is 13.2. The van der Waals surface area contributed by atoms with Gasteiger partial charge >= 0.3 is 0 Å². The Balaban J connectivity index is 1.19. The first-order valence-corrected chi connectivity index (χ1v) is 15.6. The lowest BCUT2D eigenvalue weighted by atomic mass is 9.93. The van der Waals surface area contributed by atoms with Crippen LogP contribution in [0.5, 0.6) is 5.75 Å². The van der Waals surface area contributed by atoms with Crippen LogP contribution in [0, 0.1) is 18.6 Å². The molecule has 3 aromatic heterocycles. The van der Waals surface area contributed by atoms with Crippen LogP contribution in [0.25, 0.3) is 27.7 Å². The predicted molar refractivity (Wildman–Crippen MR) is 177 cm³/mol. The van der Waals surface area contributed by atoms with E-state index in [1.807, 2.05) is 36.7 Å². The second-order valence-electron chi connectivity index (χ2n) is 11.8. The molecule has 47 heavy (non-hydrogen) atoms. The summed E-state index contributed by atoms with van der Waals surface area (Å²) in [5, 5.41) is 5.62. The van der Waals surface area contributed by atoms with Gasteiger partial charge in [-0.25, -0.2) is 13.8 Å². The maximum atomic E-state index is 15.1. The molecule has 1 amide bonds. The Morgan fingerprint density at radius 1 is 1.00 bits per heavy atom. The maximum Gasteiger partial charge on any atom is 0.248 e. The van der Waals surface area contributed by atoms with E-state index < -0.39 is 29.0 Å². The number of ether oxygens (including phenoxy) is 2. The Bertz CT molecular complexity index is 1980. The van der Waals surface area contributed by atoms with Crippen molar-refractivity contribution < 1.29 is 27.8 Å². The minimum absolute atomic E-state index is 0.186. The molecule has 9 nitrogen and oxygen atoms in total. The molecule has 1 fully saturated rings. The number of rotatable bonds is 10. The molecule has 5 aromatic rings. The Morgan fingerprint density at radius 3 is 2.45 bits per heavy atom. The van der Waals surface area contributed by atoms with E-state index in [1.54, 1.807) is 49.1 Å². The third-order valence-electron chi connectivity index (χ3n) is 8.99. The van der Waals surface area contributed by atoms with Crippen LogP contribution in [0.15, 0.2) is 66.9 Å². The third-order valence-corrected chi connectivity index (χ3v) is 8.99. The number of pyridine rings is 1. The number of methoxy groups -OCH3 is 2. The number of aryl methyl sites for hydroxylation is 2. The molecule has 0 spiro atoms. The van der Waals surface area contributed by atoms with Crippen LogP contribution in [-0.4, -0.2) is 58.6 Å². The molecule has 0 bridgehead atoms. The highest BCUT2D eigenvalue weighted by Gasteiger charge is 2.22. The highest BCUT2D eigenvalue weighted by Crippen LogP contribution is 2.37. The SMILES string of the molecule is COc1cc2c(cc1-c1cccn3c(C(=O)c4cc(F)c(NC(=O)/C=C/CNC5CCC(OC)CC5)c(F)c4)ccc13)nc(C)n2C. The summed E-state index contributed by atoms with van der Waals surface area (Å²) in [5.41, 5.74) is 3.44. The number of nitrogens with zero attached hydrogens (tertiary/aromatic N) is 3. The molecular formula is C36H37F2N5O4. The fourth-order valence-corrected chi connectivity index (χ4v) is 6.31. The van der Waals surface area contributed by atoms with E-state index in [2.05, 4.69) is 15.6 Å². The van der Waals surface area contributed by atoms with E-state index in [1.165, 1.54) is 6.08 Å². The highest BCUT2D eigenvalue weighted by molar-refractivity contribution is 6.09. The van der Waals surface area contributed by atoms with Crippen LogP contribution in [0.1, 0.15) is 47.6 Å². The first-order valence-electron chi connectivity index (χ1n) is 15.6. The zero-order valence-electron chi connectivity index (χ0n) is 26.8. The van der Waals surface area contributed by atoms with Gasteiger partial charge in [-0.3, -0.25) is 9.59 Å². The smallest absolute Gasteiger partial charge is 0.248 e. The topological polar surface area (TPSA) is 98.9 Å². The second-order valence-corrected chi connectivity index (χ2v) is 11.8. The molecule has 2 aromatic carbocycles. The van der Waals surface area contributed by atoms with Crippen molar-refractivity contribution in [2.24, 2.45) is 7.05 Å². The average Bonchev–Trinajstić information content (AvgIpc) is 3.63. The quantitative estimate of drug-likeness (QED) is 0.136. The van der Waals surface area contributed by atoms with Crippen molar-refractivity contribution in [3.05, 3.63) is 95.6 Å². The number of amides is 1. The van der Waals surface area contributed by atoms with Crippen LogP contribution >= 0.6 is 0 Å². The van der Waals surface area contributed by atoms with Crippen LogP contribution < -0.4 is 15.4 Å². The number of ketones is 1. The van der Waals surface area contributed by atoms with E-state index in [9.17, 15) is 9.59 Å². The Kier molecular flexibility index (Phi) is 9.19. The molecule has 2 N–H and O–H groups in total. The molecule has 1 aliphatic rings. The number of carbonyl (C=O) groups excluding carboxylic acids is 2. The van der Waals surface area contributed by atoms with Gasteiger partial charge in [-0.15, -0.1) is 0 Å². The summed E-state index contributed by atoms with van der Waals surface area (Å²) >= 11 is 0. The summed E-state index contributed by atoms with van der Waals surface area (Å²) < 4.78 is 45.0. The Morgan fingerprint density at radius 2 is 1.74 bits per heavy atom. The number of aromatic nitrogens is 3. The lowest BCUT2D eigenvalue weighted by molar-refractivity contribution is -0.112.